The molecule has 1 N–H and O–H groups in total. The molecule has 0 unspecified atom stereocenters. The number of rotatable bonds is 4. The SMILES string of the molecule is CCOC(=O)Cc1nc2ccccc2cc1C(=O)O. The Morgan fingerprint density at radius 2 is 2.05 bits per heavy atom. The summed E-state index contributed by atoms with van der Waals surface area (Å²) < 4.78 is 4.82. The van der Waals surface area contributed by atoms with Crippen LogP contribution < -0.4 is 0 Å². The number of hydrogen-bond acceptors (Lipinski definition) is 4. The van der Waals surface area contributed by atoms with Crippen LogP contribution in [-0.2, 0) is 16.0 Å². The Hall–Kier alpha value is -2.43. The zero-order valence-electron chi connectivity index (χ0n) is 10.4. The summed E-state index contributed by atoms with van der Waals surface area (Å²) in [5.41, 5.74) is 0.920. The molecular formula is C14H13NO4. The van der Waals surface area contributed by atoms with E-state index in [0.717, 1.165) is 5.39 Å². The van der Waals surface area contributed by atoms with Crippen molar-refractivity contribution in [1.82, 2.24) is 4.98 Å². The molecule has 2 aromatic rings. The molecule has 0 bridgehead atoms. The van der Waals surface area contributed by atoms with Gasteiger partial charge in [0.25, 0.3) is 0 Å². The second-order valence-corrected chi connectivity index (χ2v) is 3.96. The van der Waals surface area contributed by atoms with Crippen LogP contribution in [0.25, 0.3) is 10.9 Å². The molecule has 1 aromatic carbocycles. The Morgan fingerprint density at radius 1 is 1.32 bits per heavy atom. The lowest BCUT2D eigenvalue weighted by molar-refractivity contribution is -0.142. The number of ether oxygens (including phenoxy) is 1. The Balaban J connectivity index is 2.47. The van der Waals surface area contributed by atoms with Gasteiger partial charge in [-0.1, -0.05) is 18.2 Å². The van der Waals surface area contributed by atoms with Crippen LogP contribution >= 0.6 is 0 Å². The van der Waals surface area contributed by atoms with E-state index in [1.807, 2.05) is 6.07 Å². The van der Waals surface area contributed by atoms with Crippen LogP contribution in [0.1, 0.15) is 23.0 Å². The predicted molar refractivity (Wildman–Crippen MR) is 69.0 cm³/mol. The molecule has 0 saturated heterocycles. The minimum atomic E-state index is -1.10. The molecule has 5 heteroatoms. The summed E-state index contributed by atoms with van der Waals surface area (Å²) >= 11 is 0. The maximum atomic E-state index is 11.5. The van der Waals surface area contributed by atoms with Gasteiger partial charge in [-0.15, -0.1) is 0 Å². The van der Waals surface area contributed by atoms with Gasteiger partial charge < -0.3 is 9.84 Å². The van der Waals surface area contributed by atoms with Crippen molar-refractivity contribution in [3.63, 3.8) is 0 Å². The van der Waals surface area contributed by atoms with Crippen molar-refractivity contribution in [3.05, 3.63) is 41.6 Å². The number of benzene rings is 1. The largest absolute Gasteiger partial charge is 0.478 e. The predicted octanol–water partition coefficient (Wildman–Crippen LogP) is 2.04. The first-order chi connectivity index (χ1) is 9.11. The molecule has 0 aliphatic heterocycles. The van der Waals surface area contributed by atoms with E-state index in [1.54, 1.807) is 25.1 Å². The van der Waals surface area contributed by atoms with Gasteiger partial charge in [0.2, 0.25) is 0 Å². The lowest BCUT2D eigenvalue weighted by Crippen LogP contribution is -2.13. The number of carboxylic acids is 1. The number of nitrogens with zero attached hydrogens (tertiary/aromatic N) is 1. The van der Waals surface area contributed by atoms with E-state index < -0.39 is 11.9 Å². The second-order valence-electron chi connectivity index (χ2n) is 3.96. The van der Waals surface area contributed by atoms with E-state index in [-0.39, 0.29) is 24.3 Å². The molecule has 1 heterocycles. The molecule has 1 aromatic heterocycles. The maximum Gasteiger partial charge on any atom is 0.337 e. The zero-order chi connectivity index (χ0) is 13.8. The molecule has 0 aliphatic rings. The Labute approximate surface area is 109 Å². The fourth-order valence-corrected chi connectivity index (χ4v) is 1.82. The van der Waals surface area contributed by atoms with E-state index in [4.69, 9.17) is 4.74 Å². The number of carbonyl (C=O) groups excluding carboxylic acids is 1. The molecule has 2 rings (SSSR count). The summed E-state index contributed by atoms with van der Waals surface area (Å²) in [4.78, 5) is 26.9. The van der Waals surface area contributed by atoms with Gasteiger partial charge in [0.15, 0.2) is 0 Å². The zero-order valence-corrected chi connectivity index (χ0v) is 10.4. The van der Waals surface area contributed by atoms with Crippen molar-refractivity contribution in [3.8, 4) is 0 Å². The smallest absolute Gasteiger partial charge is 0.337 e. The summed E-state index contributed by atoms with van der Waals surface area (Å²) in [6.07, 6.45) is -0.139. The number of hydrogen-bond donors (Lipinski definition) is 1. The van der Waals surface area contributed by atoms with Gasteiger partial charge in [-0.3, -0.25) is 9.78 Å². The molecule has 0 atom stereocenters. The van der Waals surface area contributed by atoms with Crippen molar-refractivity contribution in [2.75, 3.05) is 6.61 Å². The molecule has 0 spiro atoms. The Kier molecular flexibility index (Phi) is 3.75. The van der Waals surface area contributed by atoms with Crippen LogP contribution in [-0.4, -0.2) is 28.6 Å². The Morgan fingerprint density at radius 3 is 2.74 bits per heavy atom. The van der Waals surface area contributed by atoms with Gasteiger partial charge in [0.1, 0.15) is 0 Å². The number of para-hydroxylation sites is 1. The van der Waals surface area contributed by atoms with Gasteiger partial charge in [-0.25, -0.2) is 4.79 Å². The van der Waals surface area contributed by atoms with Crippen molar-refractivity contribution in [1.29, 1.82) is 0 Å². The monoisotopic (exact) mass is 259 g/mol. The average molecular weight is 259 g/mol. The first kappa shape index (κ1) is 13.0. The molecule has 0 radical (unpaired) electrons. The summed E-state index contributed by atoms with van der Waals surface area (Å²) in [7, 11) is 0. The van der Waals surface area contributed by atoms with Crippen molar-refractivity contribution in [2.45, 2.75) is 13.3 Å². The average Bonchev–Trinajstić information content (AvgIpc) is 2.38. The molecule has 0 saturated carbocycles. The fourth-order valence-electron chi connectivity index (χ4n) is 1.82. The number of aromatic nitrogens is 1. The minimum Gasteiger partial charge on any atom is -0.478 e. The number of fused-ring (bicyclic) bond motifs is 1. The molecule has 0 fully saturated rings. The third-order valence-corrected chi connectivity index (χ3v) is 2.65. The van der Waals surface area contributed by atoms with Gasteiger partial charge in [-0.05, 0) is 19.1 Å². The molecule has 98 valence electrons. The molecule has 0 amide bonds. The quantitative estimate of drug-likeness (QED) is 0.850. The first-order valence-corrected chi connectivity index (χ1v) is 5.89. The van der Waals surface area contributed by atoms with Crippen LogP contribution in [0.3, 0.4) is 0 Å². The van der Waals surface area contributed by atoms with E-state index in [2.05, 4.69) is 4.98 Å². The fraction of sp³-hybridized carbons (Fsp3) is 0.214. The van der Waals surface area contributed by atoms with Crippen molar-refractivity contribution >= 4 is 22.8 Å². The lowest BCUT2D eigenvalue weighted by atomic mass is 10.1. The summed E-state index contributed by atoms with van der Waals surface area (Å²) in [5, 5.41) is 9.90. The maximum absolute atomic E-state index is 11.5. The van der Waals surface area contributed by atoms with Gasteiger partial charge in [0, 0.05) is 5.39 Å². The molecule has 19 heavy (non-hydrogen) atoms. The molecular weight excluding hydrogens is 246 g/mol. The van der Waals surface area contributed by atoms with E-state index in [1.165, 1.54) is 6.07 Å². The van der Waals surface area contributed by atoms with Crippen LogP contribution in [0.5, 0.6) is 0 Å². The van der Waals surface area contributed by atoms with Crippen LogP contribution in [0, 0.1) is 0 Å². The highest BCUT2D eigenvalue weighted by Gasteiger charge is 2.16. The van der Waals surface area contributed by atoms with Crippen LogP contribution in [0.15, 0.2) is 30.3 Å². The lowest BCUT2D eigenvalue weighted by Gasteiger charge is -2.07. The van der Waals surface area contributed by atoms with Gasteiger partial charge in [0.05, 0.1) is 29.8 Å². The topological polar surface area (TPSA) is 76.5 Å². The Bertz CT molecular complexity index is 636. The first-order valence-electron chi connectivity index (χ1n) is 5.89. The highest BCUT2D eigenvalue weighted by Crippen LogP contribution is 2.17. The molecule has 0 aliphatic carbocycles. The highest BCUT2D eigenvalue weighted by molar-refractivity contribution is 5.95. The normalized spacial score (nSPS) is 10.4. The number of pyridine rings is 1. The van der Waals surface area contributed by atoms with Crippen molar-refractivity contribution < 1.29 is 19.4 Å². The number of carbonyl (C=O) groups is 2. The summed E-state index contributed by atoms with van der Waals surface area (Å²) in [5.74, 6) is -1.58. The second kappa shape index (κ2) is 5.48. The number of carboxylic acid groups (broad SMARTS) is 1. The van der Waals surface area contributed by atoms with Crippen molar-refractivity contribution in [2.24, 2.45) is 0 Å². The third-order valence-electron chi connectivity index (χ3n) is 2.65. The van der Waals surface area contributed by atoms with E-state index >= 15 is 0 Å². The molecule has 5 nitrogen and oxygen atoms in total. The van der Waals surface area contributed by atoms with E-state index in [0.29, 0.717) is 5.52 Å². The van der Waals surface area contributed by atoms with Gasteiger partial charge >= 0.3 is 11.9 Å². The standard InChI is InChI=1S/C14H13NO4/c1-2-19-13(16)8-12-10(14(17)18)7-9-5-3-4-6-11(9)15-12/h3-7H,2,8H2,1H3,(H,17,18). The van der Waals surface area contributed by atoms with Crippen LogP contribution in [0.4, 0.5) is 0 Å². The number of aromatic carboxylic acids is 1. The van der Waals surface area contributed by atoms with Crippen LogP contribution in [0.2, 0.25) is 0 Å². The minimum absolute atomic E-state index is 0.0340. The summed E-state index contributed by atoms with van der Waals surface area (Å²) in [6.45, 7) is 1.96. The summed E-state index contributed by atoms with van der Waals surface area (Å²) in [6, 6.07) is 8.70. The highest BCUT2D eigenvalue weighted by atomic mass is 16.5. The van der Waals surface area contributed by atoms with E-state index in [9.17, 15) is 14.7 Å². The number of esters is 1. The van der Waals surface area contributed by atoms with Gasteiger partial charge in [-0.2, -0.15) is 0 Å². The third kappa shape index (κ3) is 2.88.